The quantitative estimate of drug-likeness (QED) is 0.791. The Balaban J connectivity index is 2.17. The fourth-order valence-electron chi connectivity index (χ4n) is 2.10. The first-order valence-corrected chi connectivity index (χ1v) is 6.62. The Bertz CT molecular complexity index is 882. The number of hydrogen-bond acceptors (Lipinski definition) is 5. The van der Waals surface area contributed by atoms with Gasteiger partial charge in [0, 0.05) is 6.20 Å². The van der Waals surface area contributed by atoms with E-state index in [4.69, 9.17) is 5.73 Å². The second-order valence-corrected chi connectivity index (χ2v) is 4.47. The molecule has 2 aromatic heterocycles. The lowest BCUT2D eigenvalue weighted by Gasteiger charge is -2.19. The monoisotopic (exact) mass is 305 g/mol. The summed E-state index contributed by atoms with van der Waals surface area (Å²) in [4.78, 5) is 21.2. The number of primary amides is 1. The number of hydrogen-bond donors (Lipinski definition) is 1. The zero-order valence-electron chi connectivity index (χ0n) is 11.9. The van der Waals surface area contributed by atoms with Crippen LogP contribution in [0.1, 0.15) is 5.56 Å². The fraction of sp³-hybridized carbons (Fsp3) is 0. The Morgan fingerprint density at radius 2 is 1.96 bits per heavy atom. The number of carbonyl (C=O) groups excluding carboxylic acids is 1. The van der Waals surface area contributed by atoms with E-state index in [-0.39, 0.29) is 17.3 Å². The van der Waals surface area contributed by atoms with Crippen molar-refractivity contribution in [3.63, 3.8) is 0 Å². The summed E-state index contributed by atoms with van der Waals surface area (Å²) in [6, 6.07) is 13.4. The first-order chi connectivity index (χ1) is 11.2. The summed E-state index contributed by atoms with van der Waals surface area (Å²) in [6.45, 7) is 0. The molecular weight excluding hydrogens is 294 g/mol. The highest BCUT2D eigenvalue weighted by Gasteiger charge is 2.25. The molecule has 112 valence electrons. The molecule has 2 heterocycles. The Morgan fingerprint density at radius 3 is 2.65 bits per heavy atom. The maximum absolute atomic E-state index is 12.0. The number of nitrogens with two attached hydrogens (primary N) is 1. The van der Waals surface area contributed by atoms with Crippen molar-refractivity contribution >= 4 is 17.8 Å². The summed E-state index contributed by atoms with van der Waals surface area (Å²) in [5, 5.41) is 13.3. The average molecular weight is 305 g/mol. The molecule has 0 aliphatic rings. The summed E-state index contributed by atoms with van der Waals surface area (Å²) in [5.41, 5.74) is 6.38. The molecule has 0 spiro atoms. The molecular formula is C15H11N7O. The van der Waals surface area contributed by atoms with Gasteiger partial charge < -0.3 is 5.73 Å². The molecule has 2 amide bonds. The molecule has 0 saturated carbocycles. The lowest BCUT2D eigenvalue weighted by molar-refractivity contribution is 0.255. The molecule has 0 fully saturated rings. The third-order valence-corrected chi connectivity index (χ3v) is 3.07. The van der Waals surface area contributed by atoms with Crippen molar-refractivity contribution in [2.75, 3.05) is 4.90 Å². The van der Waals surface area contributed by atoms with Crippen LogP contribution in [-0.2, 0) is 0 Å². The van der Waals surface area contributed by atoms with Crippen molar-refractivity contribution in [2.45, 2.75) is 0 Å². The predicted molar refractivity (Wildman–Crippen MR) is 82.0 cm³/mol. The van der Waals surface area contributed by atoms with Gasteiger partial charge >= 0.3 is 6.03 Å². The van der Waals surface area contributed by atoms with E-state index in [9.17, 15) is 10.1 Å². The van der Waals surface area contributed by atoms with Crippen molar-refractivity contribution in [2.24, 2.45) is 5.73 Å². The van der Waals surface area contributed by atoms with Gasteiger partial charge in [-0.25, -0.2) is 14.7 Å². The van der Waals surface area contributed by atoms with Crippen LogP contribution in [0.3, 0.4) is 0 Å². The number of rotatable bonds is 3. The zero-order chi connectivity index (χ0) is 16.2. The molecule has 0 aliphatic heterocycles. The number of amides is 2. The van der Waals surface area contributed by atoms with Crippen LogP contribution >= 0.6 is 0 Å². The smallest absolute Gasteiger partial charge is 0.327 e. The molecule has 3 aromatic rings. The summed E-state index contributed by atoms with van der Waals surface area (Å²) >= 11 is 0. The summed E-state index contributed by atoms with van der Waals surface area (Å²) < 4.78 is 1.45. The van der Waals surface area contributed by atoms with Crippen LogP contribution < -0.4 is 10.6 Å². The fourth-order valence-corrected chi connectivity index (χ4v) is 2.10. The van der Waals surface area contributed by atoms with Crippen LogP contribution in [0.5, 0.6) is 0 Å². The number of pyridine rings is 1. The van der Waals surface area contributed by atoms with Crippen LogP contribution in [0.2, 0.25) is 0 Å². The Kier molecular flexibility index (Phi) is 3.68. The lowest BCUT2D eigenvalue weighted by Crippen LogP contribution is -2.34. The molecule has 0 aliphatic carbocycles. The number of carbonyl (C=O) groups is 1. The first-order valence-electron chi connectivity index (χ1n) is 6.62. The van der Waals surface area contributed by atoms with Crippen LogP contribution in [0.4, 0.5) is 16.6 Å². The average Bonchev–Trinajstić information content (AvgIpc) is 3.05. The molecule has 0 bridgehead atoms. The predicted octanol–water partition coefficient (Wildman–Crippen LogP) is 1.75. The SMILES string of the molecule is N#Cc1cccnc1N(C(N)=O)c1ncnn1-c1ccccc1. The highest BCUT2D eigenvalue weighted by Crippen LogP contribution is 2.25. The summed E-state index contributed by atoms with van der Waals surface area (Å²) in [7, 11) is 0. The number of nitrogens with zero attached hydrogens (tertiary/aromatic N) is 6. The van der Waals surface area contributed by atoms with E-state index >= 15 is 0 Å². The van der Waals surface area contributed by atoms with Crippen molar-refractivity contribution in [3.05, 3.63) is 60.6 Å². The molecule has 2 N–H and O–H groups in total. The summed E-state index contributed by atoms with van der Waals surface area (Å²) in [5.74, 6) is 0.256. The van der Waals surface area contributed by atoms with Gasteiger partial charge in [0.2, 0.25) is 5.95 Å². The van der Waals surface area contributed by atoms with Gasteiger partial charge in [0.05, 0.1) is 11.3 Å². The van der Waals surface area contributed by atoms with Crippen molar-refractivity contribution in [3.8, 4) is 11.8 Å². The van der Waals surface area contributed by atoms with E-state index in [1.54, 1.807) is 24.3 Å². The standard InChI is InChI=1S/C15H11N7O/c16-9-11-5-4-8-18-13(11)21(14(17)23)15-19-10-20-22(15)12-6-2-1-3-7-12/h1-8,10H,(H2,17,23). The van der Waals surface area contributed by atoms with E-state index in [0.717, 1.165) is 4.90 Å². The van der Waals surface area contributed by atoms with Crippen molar-refractivity contribution < 1.29 is 4.79 Å². The Labute approximate surface area is 131 Å². The van der Waals surface area contributed by atoms with E-state index in [1.165, 1.54) is 17.2 Å². The molecule has 0 atom stereocenters. The summed E-state index contributed by atoms with van der Waals surface area (Å²) in [6.07, 6.45) is 2.77. The molecule has 0 saturated heterocycles. The second-order valence-electron chi connectivity index (χ2n) is 4.47. The Morgan fingerprint density at radius 1 is 1.17 bits per heavy atom. The van der Waals surface area contributed by atoms with Gasteiger partial charge in [-0.15, -0.1) is 0 Å². The maximum Gasteiger partial charge on any atom is 0.327 e. The molecule has 1 aromatic carbocycles. The maximum atomic E-state index is 12.0. The van der Waals surface area contributed by atoms with E-state index in [2.05, 4.69) is 15.1 Å². The van der Waals surface area contributed by atoms with Gasteiger partial charge in [-0.2, -0.15) is 20.0 Å². The number of urea groups is 1. The number of nitriles is 1. The molecule has 3 rings (SSSR count). The highest BCUT2D eigenvalue weighted by atomic mass is 16.2. The minimum Gasteiger partial charge on any atom is -0.351 e. The normalized spacial score (nSPS) is 10.0. The number of anilines is 2. The third-order valence-electron chi connectivity index (χ3n) is 3.07. The van der Waals surface area contributed by atoms with E-state index < -0.39 is 6.03 Å². The van der Waals surface area contributed by atoms with E-state index in [0.29, 0.717) is 5.69 Å². The topological polar surface area (TPSA) is 114 Å². The van der Waals surface area contributed by atoms with Crippen LogP contribution in [0, 0.1) is 11.3 Å². The van der Waals surface area contributed by atoms with Crippen LogP contribution in [0.15, 0.2) is 55.0 Å². The van der Waals surface area contributed by atoms with Crippen molar-refractivity contribution in [1.29, 1.82) is 5.26 Å². The van der Waals surface area contributed by atoms with Gasteiger partial charge in [0.15, 0.2) is 5.82 Å². The number of benzene rings is 1. The van der Waals surface area contributed by atoms with Crippen molar-refractivity contribution in [1.82, 2.24) is 19.7 Å². The lowest BCUT2D eigenvalue weighted by atomic mass is 10.2. The largest absolute Gasteiger partial charge is 0.351 e. The van der Waals surface area contributed by atoms with Gasteiger partial charge in [0.25, 0.3) is 0 Å². The van der Waals surface area contributed by atoms with Gasteiger partial charge in [0.1, 0.15) is 12.4 Å². The minimum atomic E-state index is -0.814. The molecule has 0 radical (unpaired) electrons. The van der Waals surface area contributed by atoms with Gasteiger partial charge in [-0.1, -0.05) is 18.2 Å². The number of para-hydroxylation sites is 1. The molecule has 8 heteroatoms. The number of aromatic nitrogens is 4. The first kappa shape index (κ1) is 14.2. The van der Waals surface area contributed by atoms with Gasteiger partial charge in [-0.3, -0.25) is 0 Å². The van der Waals surface area contributed by atoms with Crippen LogP contribution in [0.25, 0.3) is 5.69 Å². The molecule has 0 unspecified atom stereocenters. The third kappa shape index (κ3) is 2.58. The Hall–Kier alpha value is -3.73. The minimum absolute atomic E-state index is 0.104. The zero-order valence-corrected chi connectivity index (χ0v) is 11.9. The van der Waals surface area contributed by atoms with Gasteiger partial charge in [-0.05, 0) is 24.3 Å². The highest BCUT2D eigenvalue weighted by molar-refractivity contribution is 5.97. The van der Waals surface area contributed by atoms with E-state index in [1.807, 2.05) is 24.3 Å². The molecule has 23 heavy (non-hydrogen) atoms. The molecule has 8 nitrogen and oxygen atoms in total. The second kappa shape index (κ2) is 5.95. The van der Waals surface area contributed by atoms with Crippen LogP contribution in [-0.4, -0.2) is 25.8 Å².